The maximum atomic E-state index is 5.60. The highest BCUT2D eigenvalue weighted by atomic mass is 32.1. The fraction of sp³-hybridized carbons (Fsp3) is 0.273. The van der Waals surface area contributed by atoms with Crippen molar-refractivity contribution in [3.8, 4) is 5.75 Å². The Morgan fingerprint density at radius 2 is 2.31 bits per heavy atom. The highest BCUT2D eigenvalue weighted by molar-refractivity contribution is 7.80. The van der Waals surface area contributed by atoms with Crippen LogP contribution in [0.1, 0.15) is 12.5 Å². The lowest BCUT2D eigenvalue weighted by molar-refractivity contribution is 0.282. The number of ether oxygens (including phenoxy) is 1. The van der Waals surface area contributed by atoms with Crippen LogP contribution in [0.4, 0.5) is 0 Å². The van der Waals surface area contributed by atoms with Crippen molar-refractivity contribution in [1.29, 1.82) is 0 Å². The van der Waals surface area contributed by atoms with Gasteiger partial charge in [0.25, 0.3) is 0 Å². The molecule has 0 fully saturated rings. The first-order valence-electron chi connectivity index (χ1n) is 5.03. The maximum Gasteiger partial charge on any atom is 0.184 e. The van der Waals surface area contributed by atoms with Crippen LogP contribution in [0, 0.1) is 5.92 Å². The van der Waals surface area contributed by atoms with E-state index in [-0.39, 0.29) is 11.0 Å². The lowest BCUT2D eigenvalue weighted by atomic mass is 9.96. The molecule has 16 heavy (non-hydrogen) atoms. The number of hydrogen-bond acceptors (Lipinski definition) is 3. The number of fused-ring (bicyclic) bond motifs is 1. The monoisotopic (exact) mass is 235 g/mol. The van der Waals surface area contributed by atoms with Gasteiger partial charge in [0, 0.05) is 11.5 Å². The first-order valence-corrected chi connectivity index (χ1v) is 5.44. The molecular weight excluding hydrogens is 222 g/mol. The Hall–Kier alpha value is -1.62. The molecule has 0 amide bonds. The lowest BCUT2D eigenvalue weighted by Crippen LogP contribution is -2.31. The second kappa shape index (κ2) is 4.49. The number of rotatable bonds is 1. The van der Waals surface area contributed by atoms with Gasteiger partial charge < -0.3 is 10.5 Å². The topological polar surface area (TPSA) is 59.6 Å². The SMILES string of the molecule is CC1COc2ccccc2/C1=N\NC(N)=S. The van der Waals surface area contributed by atoms with Crippen LogP contribution < -0.4 is 15.9 Å². The van der Waals surface area contributed by atoms with Gasteiger partial charge in [-0.3, -0.25) is 5.43 Å². The van der Waals surface area contributed by atoms with Crippen LogP contribution in [0.15, 0.2) is 29.4 Å². The zero-order chi connectivity index (χ0) is 11.5. The average Bonchev–Trinajstić information content (AvgIpc) is 2.27. The summed E-state index contributed by atoms with van der Waals surface area (Å²) in [6, 6.07) is 7.80. The third kappa shape index (κ3) is 2.14. The van der Waals surface area contributed by atoms with Crippen LogP contribution in [0.5, 0.6) is 5.75 Å². The van der Waals surface area contributed by atoms with E-state index in [1.807, 2.05) is 24.3 Å². The van der Waals surface area contributed by atoms with Crippen LogP contribution in [0.25, 0.3) is 0 Å². The second-order valence-corrected chi connectivity index (χ2v) is 4.12. The summed E-state index contributed by atoms with van der Waals surface area (Å²) in [6.45, 7) is 2.67. The van der Waals surface area contributed by atoms with E-state index in [1.54, 1.807) is 0 Å². The van der Waals surface area contributed by atoms with E-state index in [2.05, 4.69) is 17.5 Å². The van der Waals surface area contributed by atoms with Gasteiger partial charge in [-0.15, -0.1) is 0 Å². The fourth-order valence-corrected chi connectivity index (χ4v) is 1.69. The molecule has 1 aromatic rings. The standard InChI is InChI=1S/C11H13N3OS/c1-7-6-15-9-5-3-2-4-8(9)10(7)13-14-11(12)16/h2-5,7H,6H2,1H3,(H3,12,14,16)/b13-10-. The maximum absolute atomic E-state index is 5.60. The van der Waals surface area contributed by atoms with Crippen LogP contribution >= 0.6 is 12.2 Å². The predicted octanol–water partition coefficient (Wildman–Crippen LogP) is 1.25. The summed E-state index contributed by atoms with van der Waals surface area (Å²) in [5.74, 6) is 1.07. The molecule has 0 aliphatic carbocycles. The summed E-state index contributed by atoms with van der Waals surface area (Å²) in [4.78, 5) is 0. The minimum atomic E-state index is 0.170. The quantitative estimate of drug-likeness (QED) is 0.568. The van der Waals surface area contributed by atoms with Crippen molar-refractivity contribution in [3.63, 3.8) is 0 Å². The molecule has 0 bridgehead atoms. The third-order valence-electron chi connectivity index (χ3n) is 2.41. The van der Waals surface area contributed by atoms with Gasteiger partial charge in [0.1, 0.15) is 5.75 Å². The number of nitrogens with two attached hydrogens (primary N) is 1. The van der Waals surface area contributed by atoms with Crippen molar-refractivity contribution in [2.75, 3.05) is 6.61 Å². The van der Waals surface area contributed by atoms with E-state index >= 15 is 0 Å². The van der Waals surface area contributed by atoms with Gasteiger partial charge in [-0.25, -0.2) is 0 Å². The molecule has 0 spiro atoms. The number of hydrogen-bond donors (Lipinski definition) is 2. The number of benzene rings is 1. The summed E-state index contributed by atoms with van der Waals surface area (Å²) >= 11 is 4.73. The van der Waals surface area contributed by atoms with E-state index in [4.69, 9.17) is 22.7 Å². The first-order chi connectivity index (χ1) is 7.68. The van der Waals surface area contributed by atoms with Crippen LogP contribution in [-0.4, -0.2) is 17.4 Å². The molecule has 1 aliphatic heterocycles. The summed E-state index contributed by atoms with van der Waals surface area (Å²) in [6.07, 6.45) is 0. The molecule has 5 heteroatoms. The molecule has 1 aromatic carbocycles. The van der Waals surface area contributed by atoms with Gasteiger partial charge in [0.2, 0.25) is 0 Å². The van der Waals surface area contributed by atoms with Crippen LogP contribution in [0.3, 0.4) is 0 Å². The number of para-hydroxylation sites is 1. The molecule has 0 saturated heterocycles. The Balaban J connectivity index is 2.36. The fourth-order valence-electron chi connectivity index (χ4n) is 1.65. The van der Waals surface area contributed by atoms with Crippen molar-refractivity contribution in [1.82, 2.24) is 5.43 Å². The molecule has 0 saturated carbocycles. The second-order valence-electron chi connectivity index (χ2n) is 3.68. The number of hydrazone groups is 1. The van der Waals surface area contributed by atoms with E-state index in [9.17, 15) is 0 Å². The normalized spacial score (nSPS) is 21.1. The summed E-state index contributed by atoms with van der Waals surface area (Å²) in [5, 5.41) is 4.40. The van der Waals surface area contributed by atoms with Crippen molar-refractivity contribution < 1.29 is 4.74 Å². The number of nitrogens with zero attached hydrogens (tertiary/aromatic N) is 1. The smallest absolute Gasteiger partial charge is 0.184 e. The Morgan fingerprint density at radius 1 is 1.56 bits per heavy atom. The van der Waals surface area contributed by atoms with Gasteiger partial charge in [-0.05, 0) is 24.4 Å². The lowest BCUT2D eigenvalue weighted by Gasteiger charge is -2.24. The van der Waals surface area contributed by atoms with Gasteiger partial charge >= 0.3 is 0 Å². The Kier molecular flexibility index (Phi) is 3.05. The minimum absolute atomic E-state index is 0.170. The summed E-state index contributed by atoms with van der Waals surface area (Å²) in [5.41, 5.74) is 9.90. The van der Waals surface area contributed by atoms with Gasteiger partial charge in [-0.2, -0.15) is 5.10 Å². The van der Waals surface area contributed by atoms with Crippen molar-refractivity contribution >= 4 is 23.0 Å². The number of thiocarbonyl (C=S) groups is 1. The summed E-state index contributed by atoms with van der Waals surface area (Å²) < 4.78 is 5.60. The zero-order valence-corrected chi connectivity index (χ0v) is 9.75. The third-order valence-corrected chi connectivity index (χ3v) is 2.50. The molecule has 84 valence electrons. The minimum Gasteiger partial charge on any atom is -0.492 e. The number of nitrogens with one attached hydrogen (secondary N) is 1. The molecule has 1 unspecified atom stereocenters. The Bertz CT molecular complexity index is 445. The molecule has 2 rings (SSSR count). The molecule has 0 radical (unpaired) electrons. The van der Waals surface area contributed by atoms with Crippen LogP contribution in [-0.2, 0) is 0 Å². The molecule has 0 aromatic heterocycles. The van der Waals surface area contributed by atoms with Crippen molar-refractivity contribution in [3.05, 3.63) is 29.8 Å². The molecule has 1 heterocycles. The molecular formula is C11H13N3OS. The van der Waals surface area contributed by atoms with Crippen molar-refractivity contribution in [2.45, 2.75) is 6.92 Å². The first kappa shape index (κ1) is 10.9. The molecule has 4 nitrogen and oxygen atoms in total. The zero-order valence-electron chi connectivity index (χ0n) is 8.93. The highest BCUT2D eigenvalue weighted by Gasteiger charge is 2.23. The molecule has 3 N–H and O–H groups in total. The van der Waals surface area contributed by atoms with E-state index in [0.717, 1.165) is 17.0 Å². The highest BCUT2D eigenvalue weighted by Crippen LogP contribution is 2.26. The van der Waals surface area contributed by atoms with Gasteiger partial charge in [-0.1, -0.05) is 19.1 Å². The van der Waals surface area contributed by atoms with Gasteiger partial charge in [0.15, 0.2) is 5.11 Å². The summed E-state index contributed by atoms with van der Waals surface area (Å²) in [7, 11) is 0. The molecule has 1 aliphatic rings. The van der Waals surface area contributed by atoms with Crippen LogP contribution in [0.2, 0.25) is 0 Å². The van der Waals surface area contributed by atoms with E-state index in [0.29, 0.717) is 6.61 Å². The molecule has 1 atom stereocenters. The largest absolute Gasteiger partial charge is 0.492 e. The van der Waals surface area contributed by atoms with Crippen molar-refractivity contribution in [2.24, 2.45) is 16.8 Å². The predicted molar refractivity (Wildman–Crippen MR) is 67.6 cm³/mol. The van der Waals surface area contributed by atoms with E-state index < -0.39 is 0 Å². The van der Waals surface area contributed by atoms with Gasteiger partial charge in [0.05, 0.1) is 12.3 Å². The Labute approximate surface area is 99.5 Å². The average molecular weight is 235 g/mol. The van der Waals surface area contributed by atoms with E-state index in [1.165, 1.54) is 0 Å². The Morgan fingerprint density at radius 3 is 3.06 bits per heavy atom.